The summed E-state index contributed by atoms with van der Waals surface area (Å²) in [6.07, 6.45) is -1.24. The van der Waals surface area contributed by atoms with Crippen molar-refractivity contribution in [2.24, 2.45) is 0 Å². The smallest absolute Gasteiger partial charge is 0.267 e. The molecule has 0 aromatic carbocycles. The third-order valence-electron chi connectivity index (χ3n) is 1.37. The van der Waals surface area contributed by atoms with Gasteiger partial charge >= 0.3 is 0 Å². The van der Waals surface area contributed by atoms with E-state index in [4.69, 9.17) is 11.6 Å². The van der Waals surface area contributed by atoms with Gasteiger partial charge in [0.25, 0.3) is 6.43 Å². The molecule has 0 amide bonds. The second-order valence-electron chi connectivity index (χ2n) is 2.14. The van der Waals surface area contributed by atoms with Gasteiger partial charge in [0.1, 0.15) is 5.69 Å². The fraction of sp³-hybridized carbons (Fsp3) is 0.143. The number of carbonyl (C=O) groups is 1. The van der Waals surface area contributed by atoms with Gasteiger partial charge in [0.15, 0.2) is 6.29 Å². The van der Waals surface area contributed by atoms with Crippen LogP contribution in [0.2, 0.25) is 5.02 Å². The number of rotatable bonds is 2. The van der Waals surface area contributed by atoms with E-state index in [2.05, 4.69) is 4.98 Å². The summed E-state index contributed by atoms with van der Waals surface area (Å²) in [5, 5.41) is -0.104. The largest absolute Gasteiger partial charge is 0.296 e. The van der Waals surface area contributed by atoms with Gasteiger partial charge in [0.2, 0.25) is 0 Å². The minimum Gasteiger partial charge on any atom is -0.296 e. The van der Waals surface area contributed by atoms with Gasteiger partial charge in [-0.3, -0.25) is 9.78 Å². The minimum atomic E-state index is -2.78. The second kappa shape index (κ2) is 4.28. The molecule has 0 saturated carbocycles. The van der Waals surface area contributed by atoms with Crippen LogP contribution in [0.25, 0.3) is 0 Å². The van der Waals surface area contributed by atoms with Crippen molar-refractivity contribution in [2.45, 2.75) is 6.43 Å². The Morgan fingerprint density at radius 1 is 1.62 bits per heavy atom. The van der Waals surface area contributed by atoms with E-state index in [1.165, 1.54) is 6.20 Å². The number of aldehydes is 1. The molecule has 0 fully saturated rings. The molecule has 0 radical (unpaired) electrons. The van der Waals surface area contributed by atoms with Gasteiger partial charge in [-0.1, -0.05) is 11.6 Å². The second-order valence-corrected chi connectivity index (χ2v) is 3.68. The number of nitrogens with zero attached hydrogens (tertiary/aromatic N) is 1. The number of hydrogen-bond donors (Lipinski definition) is 0. The van der Waals surface area contributed by atoms with E-state index in [1.54, 1.807) is 22.6 Å². The Labute approximate surface area is 91.4 Å². The Bertz CT molecular complexity index is 346. The summed E-state index contributed by atoms with van der Waals surface area (Å²) in [5.41, 5.74) is -0.802. The summed E-state index contributed by atoms with van der Waals surface area (Å²) >= 11 is 7.36. The monoisotopic (exact) mass is 317 g/mol. The van der Waals surface area contributed by atoms with Gasteiger partial charge in [0, 0.05) is 6.20 Å². The lowest BCUT2D eigenvalue weighted by atomic mass is 10.2. The lowest BCUT2D eigenvalue weighted by molar-refractivity contribution is 0.110. The summed E-state index contributed by atoms with van der Waals surface area (Å²) in [4.78, 5) is 13.9. The van der Waals surface area contributed by atoms with Crippen LogP contribution in [0.5, 0.6) is 0 Å². The predicted molar refractivity (Wildman–Crippen MR) is 52.3 cm³/mol. The van der Waals surface area contributed by atoms with E-state index in [1.807, 2.05) is 0 Å². The molecule has 2 nitrogen and oxygen atoms in total. The van der Waals surface area contributed by atoms with Crippen molar-refractivity contribution in [1.82, 2.24) is 4.98 Å². The SMILES string of the molecule is O=Cc1ncc(I)c(Cl)c1C(F)F. The molecule has 0 saturated heterocycles. The van der Waals surface area contributed by atoms with Gasteiger partial charge in [-0.15, -0.1) is 0 Å². The summed E-state index contributed by atoms with van der Waals surface area (Å²) in [7, 11) is 0. The maximum atomic E-state index is 12.4. The first-order chi connectivity index (χ1) is 6.07. The highest BCUT2D eigenvalue weighted by atomic mass is 127. The number of alkyl halides is 2. The molecule has 0 aliphatic carbocycles. The first-order valence-electron chi connectivity index (χ1n) is 3.15. The lowest BCUT2D eigenvalue weighted by Gasteiger charge is -2.06. The van der Waals surface area contributed by atoms with Gasteiger partial charge in [-0.05, 0) is 22.6 Å². The minimum absolute atomic E-state index is 0.104. The molecule has 1 heterocycles. The zero-order chi connectivity index (χ0) is 10.0. The van der Waals surface area contributed by atoms with Crippen molar-refractivity contribution < 1.29 is 13.6 Å². The van der Waals surface area contributed by atoms with Crippen molar-refractivity contribution in [1.29, 1.82) is 0 Å². The molecule has 1 rings (SSSR count). The Morgan fingerprint density at radius 2 is 2.23 bits per heavy atom. The maximum absolute atomic E-state index is 12.4. The maximum Gasteiger partial charge on any atom is 0.267 e. The molecule has 0 N–H and O–H groups in total. The van der Waals surface area contributed by atoms with Gasteiger partial charge in [-0.25, -0.2) is 8.78 Å². The molecule has 1 aromatic rings. The van der Waals surface area contributed by atoms with Crippen LogP contribution >= 0.6 is 34.2 Å². The molecule has 0 bridgehead atoms. The quantitative estimate of drug-likeness (QED) is 0.620. The molecule has 0 aliphatic rings. The highest BCUT2D eigenvalue weighted by Gasteiger charge is 2.19. The molecule has 6 heteroatoms. The van der Waals surface area contributed by atoms with Gasteiger partial charge in [0.05, 0.1) is 14.2 Å². The van der Waals surface area contributed by atoms with Crippen molar-refractivity contribution in [3.63, 3.8) is 0 Å². The highest BCUT2D eigenvalue weighted by molar-refractivity contribution is 14.1. The van der Waals surface area contributed by atoms with Crippen molar-refractivity contribution in [3.8, 4) is 0 Å². The summed E-state index contributed by atoms with van der Waals surface area (Å²) in [6.45, 7) is 0. The van der Waals surface area contributed by atoms with Crippen LogP contribution in [-0.4, -0.2) is 11.3 Å². The molecule has 0 atom stereocenters. The van der Waals surface area contributed by atoms with Crippen LogP contribution < -0.4 is 0 Å². The number of hydrogen-bond acceptors (Lipinski definition) is 2. The zero-order valence-corrected chi connectivity index (χ0v) is 9.01. The third-order valence-corrected chi connectivity index (χ3v) is 2.91. The van der Waals surface area contributed by atoms with E-state index < -0.39 is 12.0 Å². The van der Waals surface area contributed by atoms with E-state index >= 15 is 0 Å². The van der Waals surface area contributed by atoms with Crippen molar-refractivity contribution in [3.05, 3.63) is 26.0 Å². The first kappa shape index (κ1) is 10.8. The summed E-state index contributed by atoms with van der Waals surface area (Å²) in [5.74, 6) is 0. The Hall–Kier alpha value is -0.300. The predicted octanol–water partition coefficient (Wildman–Crippen LogP) is 3.09. The molecule has 13 heavy (non-hydrogen) atoms. The summed E-state index contributed by atoms with van der Waals surface area (Å²) in [6, 6.07) is 0. The van der Waals surface area contributed by atoms with E-state index in [0.717, 1.165) is 0 Å². The van der Waals surface area contributed by atoms with Crippen LogP contribution in [0.3, 0.4) is 0 Å². The number of halogens is 4. The topological polar surface area (TPSA) is 30.0 Å². The Kier molecular flexibility index (Phi) is 3.55. The summed E-state index contributed by atoms with van der Waals surface area (Å²) < 4.78 is 25.1. The van der Waals surface area contributed by atoms with Crippen LogP contribution in [-0.2, 0) is 0 Å². The van der Waals surface area contributed by atoms with E-state index in [-0.39, 0.29) is 17.0 Å². The van der Waals surface area contributed by atoms with E-state index in [9.17, 15) is 13.6 Å². The average Bonchev–Trinajstić information content (AvgIpc) is 2.08. The fourth-order valence-corrected chi connectivity index (χ4v) is 1.45. The van der Waals surface area contributed by atoms with E-state index in [0.29, 0.717) is 3.57 Å². The normalized spacial score (nSPS) is 10.5. The molecule has 0 unspecified atom stereocenters. The van der Waals surface area contributed by atoms with Crippen LogP contribution in [0, 0.1) is 3.57 Å². The standard InChI is InChI=1S/C7H3ClF2INO/c8-6-3(11)1-12-4(2-13)5(6)7(9)10/h1-2,7H. The zero-order valence-electron chi connectivity index (χ0n) is 6.10. The fourth-order valence-electron chi connectivity index (χ4n) is 0.795. The molecule has 1 aromatic heterocycles. The molecular weight excluding hydrogens is 314 g/mol. The van der Waals surface area contributed by atoms with Crippen LogP contribution in [0.1, 0.15) is 22.5 Å². The molecule has 70 valence electrons. The highest BCUT2D eigenvalue weighted by Crippen LogP contribution is 2.31. The van der Waals surface area contributed by atoms with Crippen molar-refractivity contribution in [2.75, 3.05) is 0 Å². The lowest BCUT2D eigenvalue weighted by Crippen LogP contribution is -1.99. The average molecular weight is 317 g/mol. The molecule has 0 spiro atoms. The van der Waals surface area contributed by atoms with Crippen molar-refractivity contribution >= 4 is 40.5 Å². The Morgan fingerprint density at radius 3 is 2.69 bits per heavy atom. The number of aromatic nitrogens is 1. The number of carbonyl (C=O) groups excluding carboxylic acids is 1. The molecular formula is C7H3ClF2INO. The third kappa shape index (κ3) is 2.14. The molecule has 0 aliphatic heterocycles. The van der Waals surface area contributed by atoms with Gasteiger partial charge in [-0.2, -0.15) is 0 Å². The Balaban J connectivity index is 3.41. The van der Waals surface area contributed by atoms with Crippen LogP contribution in [0.4, 0.5) is 8.78 Å². The number of pyridine rings is 1. The first-order valence-corrected chi connectivity index (χ1v) is 4.60. The van der Waals surface area contributed by atoms with Crippen LogP contribution in [0.15, 0.2) is 6.20 Å². The van der Waals surface area contributed by atoms with Gasteiger partial charge < -0.3 is 0 Å².